The molecule has 1 amide bonds. The number of methoxy groups -OCH3 is 2. The summed E-state index contributed by atoms with van der Waals surface area (Å²) < 4.78 is 30.5. The first kappa shape index (κ1) is 23.7. The topological polar surface area (TPSA) is 121 Å². The van der Waals surface area contributed by atoms with Gasteiger partial charge in [-0.05, 0) is 37.0 Å². The van der Waals surface area contributed by atoms with Crippen LogP contribution in [0.5, 0.6) is 11.5 Å². The van der Waals surface area contributed by atoms with E-state index in [1.165, 1.54) is 50.6 Å². The summed E-state index contributed by atoms with van der Waals surface area (Å²) in [6.07, 6.45) is 1.94. The second kappa shape index (κ2) is 9.40. The van der Waals surface area contributed by atoms with Crippen molar-refractivity contribution >= 4 is 23.2 Å². The van der Waals surface area contributed by atoms with E-state index in [1.807, 2.05) is 0 Å². The van der Waals surface area contributed by atoms with Crippen molar-refractivity contribution < 1.29 is 33.3 Å². The Morgan fingerprint density at radius 1 is 1.18 bits per heavy atom. The molecule has 1 heterocycles. The van der Waals surface area contributed by atoms with Crippen LogP contribution < -0.4 is 15.2 Å². The number of primary amides is 1. The Labute approximate surface area is 199 Å². The van der Waals surface area contributed by atoms with Crippen LogP contribution in [-0.4, -0.2) is 42.8 Å². The summed E-state index contributed by atoms with van der Waals surface area (Å²) in [4.78, 5) is 29.8. The normalized spacial score (nSPS) is 14.8. The van der Waals surface area contributed by atoms with Gasteiger partial charge in [0.05, 0.1) is 25.7 Å². The molecule has 1 atom stereocenters. The number of nitrogens with zero attached hydrogens (tertiary/aromatic N) is 1. The van der Waals surface area contributed by atoms with Gasteiger partial charge in [-0.3, -0.25) is 4.79 Å². The molecule has 1 saturated carbocycles. The molecular formula is C24H23FN2O6S. The zero-order valence-electron chi connectivity index (χ0n) is 18.5. The van der Waals surface area contributed by atoms with Crippen molar-refractivity contribution in [3.05, 3.63) is 64.5 Å². The van der Waals surface area contributed by atoms with E-state index < -0.39 is 23.3 Å². The summed E-state index contributed by atoms with van der Waals surface area (Å²) in [5, 5.41) is 11.3. The number of nitrogens with two attached hydrogens (primary N) is 1. The monoisotopic (exact) mass is 486 g/mol. The van der Waals surface area contributed by atoms with E-state index in [1.54, 1.807) is 6.07 Å². The van der Waals surface area contributed by atoms with Gasteiger partial charge in [0.1, 0.15) is 10.8 Å². The van der Waals surface area contributed by atoms with Crippen LogP contribution in [0.4, 0.5) is 4.39 Å². The van der Waals surface area contributed by atoms with Crippen LogP contribution in [0.1, 0.15) is 33.9 Å². The molecule has 3 aromatic rings. The van der Waals surface area contributed by atoms with Crippen LogP contribution in [0.25, 0.3) is 10.4 Å². The van der Waals surface area contributed by atoms with Crippen molar-refractivity contribution in [2.24, 2.45) is 11.7 Å². The number of carbonyl (C=O) groups excluding carboxylic acids is 2. The Morgan fingerprint density at radius 3 is 2.50 bits per heavy atom. The molecular weight excluding hydrogens is 463 g/mol. The minimum absolute atomic E-state index is 0.0457. The van der Waals surface area contributed by atoms with Crippen LogP contribution in [0.2, 0.25) is 0 Å². The third-order valence-electron chi connectivity index (χ3n) is 5.55. The van der Waals surface area contributed by atoms with Gasteiger partial charge in [0.2, 0.25) is 5.60 Å². The molecule has 0 radical (unpaired) electrons. The zero-order chi connectivity index (χ0) is 24.5. The van der Waals surface area contributed by atoms with Crippen LogP contribution in [-0.2, 0) is 15.1 Å². The largest absolute Gasteiger partial charge is 0.493 e. The number of rotatable bonds is 9. The molecule has 0 aliphatic heterocycles. The average Bonchev–Trinajstić information content (AvgIpc) is 3.57. The lowest BCUT2D eigenvalue weighted by Gasteiger charge is -2.23. The lowest BCUT2D eigenvalue weighted by atomic mass is 9.93. The molecule has 3 N–H and O–H groups in total. The van der Waals surface area contributed by atoms with E-state index >= 15 is 0 Å². The SMILES string of the molecule is COc1ccc(C(O)(C(N)=O)c2nc(C(=O)OCC3CC3)c(-c3ccccc3F)s2)cc1OC. The van der Waals surface area contributed by atoms with Gasteiger partial charge in [0.25, 0.3) is 5.91 Å². The fourth-order valence-electron chi connectivity index (χ4n) is 3.42. The Balaban J connectivity index is 1.86. The van der Waals surface area contributed by atoms with Gasteiger partial charge in [0, 0.05) is 11.1 Å². The van der Waals surface area contributed by atoms with Crippen molar-refractivity contribution in [1.29, 1.82) is 0 Å². The van der Waals surface area contributed by atoms with Gasteiger partial charge in [0.15, 0.2) is 17.2 Å². The number of ether oxygens (including phenoxy) is 3. The van der Waals surface area contributed by atoms with Crippen molar-refractivity contribution in [1.82, 2.24) is 4.98 Å². The first-order valence-corrected chi connectivity index (χ1v) is 11.3. The molecule has 1 aromatic heterocycles. The molecule has 178 valence electrons. The number of amides is 1. The number of hydrogen-bond acceptors (Lipinski definition) is 8. The molecule has 0 spiro atoms. The van der Waals surface area contributed by atoms with Crippen molar-refractivity contribution in [3.8, 4) is 21.9 Å². The van der Waals surface area contributed by atoms with E-state index in [0.717, 1.165) is 24.2 Å². The lowest BCUT2D eigenvalue weighted by molar-refractivity contribution is -0.133. The number of thiazole rings is 1. The van der Waals surface area contributed by atoms with Gasteiger partial charge >= 0.3 is 5.97 Å². The maximum atomic E-state index is 14.7. The molecule has 0 bridgehead atoms. The summed E-state index contributed by atoms with van der Waals surface area (Å²) in [7, 11) is 2.84. The Kier molecular flexibility index (Phi) is 6.54. The Hall–Kier alpha value is -3.50. The molecule has 1 fully saturated rings. The quantitative estimate of drug-likeness (QED) is 0.445. The van der Waals surface area contributed by atoms with E-state index in [0.29, 0.717) is 11.7 Å². The summed E-state index contributed by atoms with van der Waals surface area (Å²) in [5.74, 6) is -1.59. The zero-order valence-corrected chi connectivity index (χ0v) is 19.4. The fourth-order valence-corrected chi connectivity index (χ4v) is 4.62. The third kappa shape index (κ3) is 4.34. The second-order valence-electron chi connectivity index (χ2n) is 7.86. The lowest BCUT2D eigenvalue weighted by Crippen LogP contribution is -2.42. The fraction of sp³-hybridized carbons (Fsp3) is 0.292. The molecule has 34 heavy (non-hydrogen) atoms. The van der Waals surface area contributed by atoms with E-state index in [9.17, 15) is 19.1 Å². The Bertz CT molecular complexity index is 1240. The van der Waals surface area contributed by atoms with E-state index in [4.69, 9.17) is 19.9 Å². The minimum Gasteiger partial charge on any atom is -0.493 e. The van der Waals surface area contributed by atoms with Crippen molar-refractivity contribution in [2.45, 2.75) is 18.4 Å². The highest BCUT2D eigenvalue weighted by molar-refractivity contribution is 7.15. The van der Waals surface area contributed by atoms with Gasteiger partial charge in [-0.15, -0.1) is 11.3 Å². The maximum absolute atomic E-state index is 14.7. The van der Waals surface area contributed by atoms with Gasteiger partial charge in [-0.25, -0.2) is 14.2 Å². The summed E-state index contributed by atoms with van der Waals surface area (Å²) in [5.41, 5.74) is 3.12. The maximum Gasteiger partial charge on any atom is 0.358 e. The number of benzene rings is 2. The summed E-state index contributed by atoms with van der Waals surface area (Å²) >= 11 is 0.784. The molecule has 1 aliphatic carbocycles. The predicted octanol–water partition coefficient (Wildman–Crippen LogP) is 3.25. The average molecular weight is 487 g/mol. The molecule has 8 nitrogen and oxygen atoms in total. The van der Waals surface area contributed by atoms with E-state index in [-0.39, 0.29) is 39.1 Å². The molecule has 1 unspecified atom stereocenters. The first-order chi connectivity index (χ1) is 16.3. The number of aliphatic hydroxyl groups is 1. The number of aromatic nitrogens is 1. The highest BCUT2D eigenvalue weighted by Crippen LogP contribution is 2.42. The molecule has 10 heteroatoms. The van der Waals surface area contributed by atoms with Gasteiger partial charge in [-0.2, -0.15) is 0 Å². The number of hydrogen-bond donors (Lipinski definition) is 2. The summed E-state index contributed by atoms with van der Waals surface area (Å²) in [6, 6.07) is 10.1. The third-order valence-corrected chi connectivity index (χ3v) is 6.75. The molecule has 1 aliphatic rings. The van der Waals surface area contributed by atoms with Crippen LogP contribution in [0.3, 0.4) is 0 Å². The van der Waals surface area contributed by atoms with Crippen molar-refractivity contribution in [3.63, 3.8) is 0 Å². The minimum atomic E-state index is -2.43. The van der Waals surface area contributed by atoms with Crippen LogP contribution in [0.15, 0.2) is 42.5 Å². The highest BCUT2D eigenvalue weighted by Gasteiger charge is 2.44. The van der Waals surface area contributed by atoms with Gasteiger partial charge < -0.3 is 25.1 Å². The van der Waals surface area contributed by atoms with Crippen LogP contribution >= 0.6 is 11.3 Å². The standard InChI is InChI=1S/C24H23FN2O6S/c1-31-17-10-9-14(11-18(17)32-2)24(30,22(26)29)23-27-19(21(28)33-12-13-7-8-13)20(34-23)15-5-3-4-6-16(15)25/h3-6,9-11,13,30H,7-8,12H2,1-2H3,(H2,26,29). The molecule has 4 rings (SSSR count). The highest BCUT2D eigenvalue weighted by atomic mass is 32.1. The Morgan fingerprint density at radius 2 is 1.88 bits per heavy atom. The van der Waals surface area contributed by atoms with E-state index in [2.05, 4.69) is 4.98 Å². The molecule has 2 aromatic carbocycles. The number of halogens is 1. The van der Waals surface area contributed by atoms with Crippen molar-refractivity contribution in [2.75, 3.05) is 20.8 Å². The van der Waals surface area contributed by atoms with Gasteiger partial charge in [-0.1, -0.05) is 24.3 Å². The molecule has 0 saturated heterocycles. The first-order valence-electron chi connectivity index (χ1n) is 10.5. The van der Waals surface area contributed by atoms with Crippen LogP contribution in [0, 0.1) is 11.7 Å². The number of carbonyl (C=O) groups is 2. The summed E-state index contributed by atoms with van der Waals surface area (Å²) in [6.45, 7) is 0.220. The number of esters is 1. The second-order valence-corrected chi connectivity index (χ2v) is 8.86. The smallest absolute Gasteiger partial charge is 0.358 e. The predicted molar refractivity (Wildman–Crippen MR) is 122 cm³/mol.